The van der Waals surface area contributed by atoms with E-state index < -0.39 is 12.0 Å². The maximum Gasteiger partial charge on any atom is 0.303 e. The molecule has 1 aromatic rings. The first-order valence-electron chi connectivity index (χ1n) is 9.00. The Kier molecular flexibility index (Phi) is 8.09. The second-order valence-electron chi connectivity index (χ2n) is 6.70. The number of carboxylic acids is 1. The molecule has 142 valence electrons. The number of halogens is 1. The van der Waals surface area contributed by atoms with Crippen LogP contribution in [0.25, 0.3) is 0 Å². The Labute approximate surface area is 161 Å². The van der Waals surface area contributed by atoms with Gasteiger partial charge in [0, 0.05) is 16.9 Å². The van der Waals surface area contributed by atoms with E-state index in [9.17, 15) is 14.4 Å². The van der Waals surface area contributed by atoms with Crippen LogP contribution in [0.1, 0.15) is 50.5 Å². The van der Waals surface area contributed by atoms with E-state index in [1.165, 1.54) is 6.42 Å². The Hall–Kier alpha value is -1.89. The average molecular weight is 425 g/mol. The van der Waals surface area contributed by atoms with Crippen molar-refractivity contribution in [3.05, 3.63) is 34.3 Å². The van der Waals surface area contributed by atoms with Crippen molar-refractivity contribution in [1.82, 2.24) is 10.6 Å². The summed E-state index contributed by atoms with van der Waals surface area (Å²) in [4.78, 5) is 35.7. The van der Waals surface area contributed by atoms with E-state index in [1.54, 1.807) is 0 Å². The predicted octanol–water partition coefficient (Wildman–Crippen LogP) is 2.79. The minimum Gasteiger partial charge on any atom is -0.481 e. The summed E-state index contributed by atoms with van der Waals surface area (Å²) < 4.78 is 0.924. The van der Waals surface area contributed by atoms with E-state index in [1.807, 2.05) is 24.3 Å². The van der Waals surface area contributed by atoms with Crippen LogP contribution >= 0.6 is 15.9 Å². The van der Waals surface area contributed by atoms with Gasteiger partial charge < -0.3 is 15.7 Å². The molecular formula is C19H25BrN2O4. The molecule has 1 saturated carbocycles. The van der Waals surface area contributed by atoms with Gasteiger partial charge in [0.15, 0.2) is 0 Å². The lowest BCUT2D eigenvalue weighted by molar-refractivity contribution is -0.138. The Bertz CT molecular complexity index is 627. The zero-order chi connectivity index (χ0) is 18.9. The van der Waals surface area contributed by atoms with E-state index in [2.05, 4.69) is 26.6 Å². The van der Waals surface area contributed by atoms with Crippen LogP contribution in [0.4, 0.5) is 0 Å². The van der Waals surface area contributed by atoms with E-state index >= 15 is 0 Å². The maximum absolute atomic E-state index is 12.5. The van der Waals surface area contributed by atoms with Gasteiger partial charge in [0.05, 0.1) is 6.42 Å². The summed E-state index contributed by atoms with van der Waals surface area (Å²) in [6, 6.07) is 6.65. The molecule has 0 heterocycles. The summed E-state index contributed by atoms with van der Waals surface area (Å²) in [5.41, 5.74) is 0.829. The molecule has 1 atom stereocenters. The molecule has 0 radical (unpaired) electrons. The summed E-state index contributed by atoms with van der Waals surface area (Å²) in [5, 5.41) is 14.6. The smallest absolute Gasteiger partial charge is 0.303 e. The van der Waals surface area contributed by atoms with Crippen molar-refractivity contribution >= 4 is 33.7 Å². The van der Waals surface area contributed by atoms with E-state index in [0.717, 1.165) is 35.7 Å². The van der Waals surface area contributed by atoms with E-state index in [0.29, 0.717) is 0 Å². The Morgan fingerprint density at radius 3 is 2.38 bits per heavy atom. The third-order valence-corrected chi connectivity index (χ3v) is 5.06. The second kappa shape index (κ2) is 10.3. The minimum atomic E-state index is -0.984. The van der Waals surface area contributed by atoms with Crippen LogP contribution < -0.4 is 10.6 Å². The van der Waals surface area contributed by atoms with Gasteiger partial charge in [-0.3, -0.25) is 14.4 Å². The molecule has 1 aliphatic carbocycles. The summed E-state index contributed by atoms with van der Waals surface area (Å²) >= 11 is 3.34. The van der Waals surface area contributed by atoms with Crippen LogP contribution in [-0.4, -0.2) is 35.0 Å². The summed E-state index contributed by atoms with van der Waals surface area (Å²) in [6.07, 6.45) is 5.28. The number of hydrogen-bond donors (Lipinski definition) is 3. The molecule has 0 aromatic heterocycles. The highest BCUT2D eigenvalue weighted by Crippen LogP contribution is 2.17. The number of rotatable bonds is 8. The average Bonchev–Trinajstić information content (AvgIpc) is 2.61. The molecule has 1 aromatic carbocycles. The zero-order valence-electron chi connectivity index (χ0n) is 14.7. The molecule has 1 aliphatic rings. The van der Waals surface area contributed by atoms with Gasteiger partial charge in [-0.25, -0.2) is 0 Å². The van der Waals surface area contributed by atoms with Crippen molar-refractivity contribution in [3.63, 3.8) is 0 Å². The van der Waals surface area contributed by atoms with Gasteiger partial charge in [-0.1, -0.05) is 47.3 Å². The summed E-state index contributed by atoms with van der Waals surface area (Å²) in [6.45, 7) is 0. The topological polar surface area (TPSA) is 95.5 Å². The quantitative estimate of drug-likeness (QED) is 0.597. The molecule has 0 spiro atoms. The number of carboxylic acid groups (broad SMARTS) is 1. The van der Waals surface area contributed by atoms with Crippen LogP contribution in [0.2, 0.25) is 0 Å². The lowest BCUT2D eigenvalue weighted by Gasteiger charge is -2.26. The molecular weight excluding hydrogens is 400 g/mol. The first kappa shape index (κ1) is 20.4. The molecule has 6 nitrogen and oxygen atoms in total. The first-order chi connectivity index (χ1) is 12.4. The molecule has 2 amide bonds. The van der Waals surface area contributed by atoms with E-state index in [4.69, 9.17) is 5.11 Å². The number of hydrogen-bond acceptors (Lipinski definition) is 3. The van der Waals surface area contributed by atoms with Crippen LogP contribution in [0.15, 0.2) is 28.7 Å². The largest absolute Gasteiger partial charge is 0.481 e. The number of benzene rings is 1. The molecule has 26 heavy (non-hydrogen) atoms. The van der Waals surface area contributed by atoms with Crippen molar-refractivity contribution in [3.8, 4) is 0 Å². The highest BCUT2D eigenvalue weighted by atomic mass is 79.9. The van der Waals surface area contributed by atoms with E-state index in [-0.39, 0.29) is 37.1 Å². The number of carbonyl (C=O) groups is 3. The molecule has 1 fully saturated rings. The van der Waals surface area contributed by atoms with Crippen molar-refractivity contribution in [2.75, 3.05) is 0 Å². The summed E-state index contributed by atoms with van der Waals surface area (Å²) in [7, 11) is 0. The van der Waals surface area contributed by atoms with Crippen LogP contribution in [-0.2, 0) is 20.8 Å². The van der Waals surface area contributed by atoms with Gasteiger partial charge in [-0.15, -0.1) is 0 Å². The lowest BCUT2D eigenvalue weighted by Crippen LogP contribution is -2.50. The van der Waals surface area contributed by atoms with Crippen molar-refractivity contribution < 1.29 is 19.5 Å². The molecule has 7 heteroatoms. The Morgan fingerprint density at radius 2 is 1.77 bits per heavy atom. The SMILES string of the molecule is O=C(O)CC[C@H](NC(=O)Cc1ccc(Br)cc1)C(=O)NC1CCCCC1. The van der Waals surface area contributed by atoms with Crippen molar-refractivity contribution in [2.45, 2.75) is 63.5 Å². The normalized spacial score (nSPS) is 15.9. The maximum atomic E-state index is 12.5. The Morgan fingerprint density at radius 1 is 1.12 bits per heavy atom. The summed E-state index contributed by atoms with van der Waals surface area (Å²) in [5.74, 6) is -1.56. The minimum absolute atomic E-state index is 0.0833. The fourth-order valence-corrected chi connectivity index (χ4v) is 3.38. The predicted molar refractivity (Wildman–Crippen MR) is 102 cm³/mol. The van der Waals surface area contributed by atoms with Crippen LogP contribution in [0.5, 0.6) is 0 Å². The fourth-order valence-electron chi connectivity index (χ4n) is 3.12. The third kappa shape index (κ3) is 7.15. The monoisotopic (exact) mass is 424 g/mol. The van der Waals surface area contributed by atoms with Gasteiger partial charge in [0.25, 0.3) is 0 Å². The molecule has 0 aliphatic heterocycles. The zero-order valence-corrected chi connectivity index (χ0v) is 16.3. The van der Waals surface area contributed by atoms with Crippen LogP contribution in [0, 0.1) is 0 Å². The number of nitrogens with one attached hydrogen (secondary N) is 2. The number of aliphatic carboxylic acids is 1. The van der Waals surface area contributed by atoms with Gasteiger partial charge >= 0.3 is 5.97 Å². The Balaban J connectivity index is 1.93. The van der Waals surface area contributed by atoms with Crippen molar-refractivity contribution in [1.29, 1.82) is 0 Å². The lowest BCUT2D eigenvalue weighted by atomic mass is 9.95. The van der Waals surface area contributed by atoms with Crippen molar-refractivity contribution in [2.24, 2.45) is 0 Å². The highest BCUT2D eigenvalue weighted by molar-refractivity contribution is 9.10. The second-order valence-corrected chi connectivity index (χ2v) is 7.61. The first-order valence-corrected chi connectivity index (χ1v) is 9.79. The molecule has 0 unspecified atom stereocenters. The van der Waals surface area contributed by atoms with Gasteiger partial charge in [-0.05, 0) is 37.0 Å². The number of carbonyl (C=O) groups excluding carboxylic acids is 2. The number of amides is 2. The van der Waals surface area contributed by atoms with Crippen LogP contribution in [0.3, 0.4) is 0 Å². The highest BCUT2D eigenvalue weighted by Gasteiger charge is 2.24. The molecule has 0 saturated heterocycles. The molecule has 3 N–H and O–H groups in total. The standard InChI is InChI=1S/C19H25BrN2O4/c20-14-8-6-13(7-9-14)12-17(23)22-16(10-11-18(24)25)19(26)21-15-4-2-1-3-5-15/h6-9,15-16H,1-5,10-12H2,(H,21,26)(H,22,23)(H,24,25)/t16-/m0/s1. The van der Waals surface area contributed by atoms with Gasteiger partial charge in [-0.2, -0.15) is 0 Å². The third-order valence-electron chi connectivity index (χ3n) is 4.53. The molecule has 2 rings (SSSR count). The van der Waals surface area contributed by atoms with Gasteiger partial charge in [0.1, 0.15) is 6.04 Å². The van der Waals surface area contributed by atoms with Gasteiger partial charge in [0.2, 0.25) is 11.8 Å². The molecule has 0 bridgehead atoms. The fraction of sp³-hybridized carbons (Fsp3) is 0.526.